The second-order valence-corrected chi connectivity index (χ2v) is 5.15. The largest absolute Gasteiger partial charge is 0.377 e. The van der Waals surface area contributed by atoms with Crippen molar-refractivity contribution in [2.24, 2.45) is 0 Å². The molecule has 0 amide bonds. The van der Waals surface area contributed by atoms with Crippen LogP contribution in [0.5, 0.6) is 0 Å². The smallest absolute Gasteiger partial charge is 0.0626 e. The summed E-state index contributed by atoms with van der Waals surface area (Å²) >= 11 is 1.76. The molecule has 0 saturated heterocycles. The number of hydrogen-bond donors (Lipinski definition) is 1. The molecule has 0 spiro atoms. The molecule has 0 radical (unpaired) electrons. The Morgan fingerprint density at radius 3 is 2.81 bits per heavy atom. The Kier molecular flexibility index (Phi) is 6.69. The topological polar surface area (TPSA) is 21.3 Å². The molecule has 1 atom stereocenters. The third-order valence-electron chi connectivity index (χ3n) is 2.38. The number of nitrogens with one attached hydrogen (secondary N) is 1. The minimum Gasteiger partial charge on any atom is -0.377 e. The fraction of sp³-hybridized carbons (Fsp3) is 0.692. The number of hydrogen-bond acceptors (Lipinski definition) is 3. The Balaban J connectivity index is 2.36. The molecule has 1 aromatic rings. The highest BCUT2D eigenvalue weighted by Gasteiger charge is 2.10. The fourth-order valence-corrected chi connectivity index (χ4v) is 2.22. The van der Waals surface area contributed by atoms with E-state index in [2.05, 4.69) is 42.9 Å². The van der Waals surface area contributed by atoms with E-state index >= 15 is 0 Å². The van der Waals surface area contributed by atoms with Crippen molar-refractivity contribution in [2.75, 3.05) is 13.2 Å². The standard InChI is InChI=1S/C13H23NOS/c1-4-6-14-13(9-15-11(2)3)8-12-5-7-16-10-12/h5,7,10-11,13-14H,4,6,8-9H2,1-3H3. The van der Waals surface area contributed by atoms with Crippen molar-refractivity contribution in [3.8, 4) is 0 Å². The Bertz CT molecular complexity index is 259. The van der Waals surface area contributed by atoms with Gasteiger partial charge in [-0.3, -0.25) is 0 Å². The van der Waals surface area contributed by atoms with E-state index in [0.29, 0.717) is 12.1 Å². The normalized spacial score (nSPS) is 13.2. The molecule has 2 nitrogen and oxygen atoms in total. The maximum atomic E-state index is 5.69. The van der Waals surface area contributed by atoms with E-state index in [-0.39, 0.29) is 0 Å². The molecule has 1 aromatic heterocycles. The molecular weight excluding hydrogens is 218 g/mol. The van der Waals surface area contributed by atoms with Crippen LogP contribution >= 0.6 is 11.3 Å². The Labute approximate surface area is 103 Å². The molecule has 0 aromatic carbocycles. The zero-order valence-corrected chi connectivity index (χ0v) is 11.3. The maximum absolute atomic E-state index is 5.69. The molecule has 1 rings (SSSR count). The van der Waals surface area contributed by atoms with Crippen LogP contribution in [-0.2, 0) is 11.2 Å². The van der Waals surface area contributed by atoms with Gasteiger partial charge in [0.2, 0.25) is 0 Å². The first kappa shape index (κ1) is 13.7. The lowest BCUT2D eigenvalue weighted by atomic mass is 10.1. The van der Waals surface area contributed by atoms with Crippen molar-refractivity contribution >= 4 is 11.3 Å². The number of thiophene rings is 1. The van der Waals surface area contributed by atoms with Crippen molar-refractivity contribution in [1.82, 2.24) is 5.32 Å². The summed E-state index contributed by atoms with van der Waals surface area (Å²) in [7, 11) is 0. The second-order valence-electron chi connectivity index (χ2n) is 4.37. The summed E-state index contributed by atoms with van der Waals surface area (Å²) in [5.41, 5.74) is 1.41. The summed E-state index contributed by atoms with van der Waals surface area (Å²) in [5, 5.41) is 7.90. The lowest BCUT2D eigenvalue weighted by Crippen LogP contribution is -2.36. The monoisotopic (exact) mass is 241 g/mol. The quantitative estimate of drug-likeness (QED) is 0.755. The highest BCUT2D eigenvalue weighted by atomic mass is 32.1. The zero-order valence-electron chi connectivity index (χ0n) is 10.5. The van der Waals surface area contributed by atoms with Gasteiger partial charge in [0.1, 0.15) is 0 Å². The first-order valence-corrected chi connectivity index (χ1v) is 7.02. The van der Waals surface area contributed by atoms with Crippen LogP contribution in [0.25, 0.3) is 0 Å². The summed E-state index contributed by atoms with van der Waals surface area (Å²) in [6, 6.07) is 2.64. The van der Waals surface area contributed by atoms with Gasteiger partial charge < -0.3 is 10.1 Å². The highest BCUT2D eigenvalue weighted by molar-refractivity contribution is 7.07. The van der Waals surface area contributed by atoms with E-state index in [1.807, 2.05) is 0 Å². The van der Waals surface area contributed by atoms with Crippen LogP contribution < -0.4 is 5.32 Å². The molecule has 0 saturated carbocycles. The van der Waals surface area contributed by atoms with Crippen LogP contribution in [0.15, 0.2) is 16.8 Å². The molecule has 0 bridgehead atoms. The van der Waals surface area contributed by atoms with Crippen molar-refractivity contribution in [3.05, 3.63) is 22.4 Å². The van der Waals surface area contributed by atoms with Crippen molar-refractivity contribution in [2.45, 2.75) is 45.8 Å². The summed E-state index contributed by atoms with van der Waals surface area (Å²) in [6.45, 7) is 8.23. The van der Waals surface area contributed by atoms with Crippen molar-refractivity contribution in [1.29, 1.82) is 0 Å². The van der Waals surface area contributed by atoms with E-state index < -0.39 is 0 Å². The van der Waals surface area contributed by atoms with E-state index in [9.17, 15) is 0 Å². The lowest BCUT2D eigenvalue weighted by Gasteiger charge is -2.19. The molecule has 0 aliphatic carbocycles. The minimum absolute atomic E-state index is 0.313. The van der Waals surface area contributed by atoms with Gasteiger partial charge in [-0.15, -0.1) is 0 Å². The molecule has 92 valence electrons. The van der Waals surface area contributed by atoms with Crippen LogP contribution in [0.4, 0.5) is 0 Å². The molecular formula is C13H23NOS. The van der Waals surface area contributed by atoms with E-state index in [4.69, 9.17) is 4.74 Å². The average molecular weight is 241 g/mol. The molecule has 1 heterocycles. The summed E-state index contributed by atoms with van der Waals surface area (Å²) in [5.74, 6) is 0. The van der Waals surface area contributed by atoms with Gasteiger partial charge in [0.25, 0.3) is 0 Å². The van der Waals surface area contributed by atoms with E-state index in [1.54, 1.807) is 11.3 Å². The summed E-state index contributed by atoms with van der Waals surface area (Å²) < 4.78 is 5.69. The van der Waals surface area contributed by atoms with Crippen LogP contribution in [0.1, 0.15) is 32.8 Å². The predicted octanol–water partition coefficient (Wildman–Crippen LogP) is 3.08. The molecule has 1 unspecified atom stereocenters. The first-order valence-electron chi connectivity index (χ1n) is 6.08. The van der Waals surface area contributed by atoms with Gasteiger partial charge in [-0.25, -0.2) is 0 Å². The third kappa shape index (κ3) is 5.64. The first-order chi connectivity index (χ1) is 7.72. The van der Waals surface area contributed by atoms with Crippen LogP contribution in [-0.4, -0.2) is 25.3 Å². The van der Waals surface area contributed by atoms with E-state index in [0.717, 1.165) is 19.6 Å². The highest BCUT2D eigenvalue weighted by Crippen LogP contribution is 2.09. The molecule has 16 heavy (non-hydrogen) atoms. The average Bonchev–Trinajstić information content (AvgIpc) is 2.74. The second kappa shape index (κ2) is 7.82. The van der Waals surface area contributed by atoms with Gasteiger partial charge in [-0.05, 0) is 55.6 Å². The number of ether oxygens (including phenoxy) is 1. The van der Waals surface area contributed by atoms with Gasteiger partial charge in [-0.2, -0.15) is 11.3 Å². The van der Waals surface area contributed by atoms with Crippen molar-refractivity contribution in [3.63, 3.8) is 0 Å². The van der Waals surface area contributed by atoms with Gasteiger partial charge in [-0.1, -0.05) is 6.92 Å². The Hall–Kier alpha value is -0.380. The van der Waals surface area contributed by atoms with Crippen LogP contribution in [0.3, 0.4) is 0 Å². The molecule has 1 N–H and O–H groups in total. The van der Waals surface area contributed by atoms with Crippen LogP contribution in [0.2, 0.25) is 0 Å². The van der Waals surface area contributed by atoms with Gasteiger partial charge in [0, 0.05) is 6.04 Å². The van der Waals surface area contributed by atoms with Crippen molar-refractivity contribution < 1.29 is 4.74 Å². The Morgan fingerprint density at radius 1 is 1.44 bits per heavy atom. The zero-order chi connectivity index (χ0) is 11.8. The predicted molar refractivity (Wildman–Crippen MR) is 71.2 cm³/mol. The minimum atomic E-state index is 0.313. The Morgan fingerprint density at radius 2 is 2.25 bits per heavy atom. The van der Waals surface area contributed by atoms with E-state index in [1.165, 1.54) is 12.0 Å². The SMILES string of the molecule is CCCNC(COC(C)C)Cc1ccsc1. The number of rotatable bonds is 8. The third-order valence-corrected chi connectivity index (χ3v) is 3.11. The molecule has 0 aliphatic heterocycles. The maximum Gasteiger partial charge on any atom is 0.0626 e. The molecule has 0 aliphatic rings. The molecule has 3 heteroatoms. The lowest BCUT2D eigenvalue weighted by molar-refractivity contribution is 0.0613. The van der Waals surface area contributed by atoms with Gasteiger partial charge >= 0.3 is 0 Å². The van der Waals surface area contributed by atoms with Gasteiger partial charge in [0.15, 0.2) is 0 Å². The van der Waals surface area contributed by atoms with Gasteiger partial charge in [0.05, 0.1) is 12.7 Å². The molecule has 0 fully saturated rings. The van der Waals surface area contributed by atoms with Crippen LogP contribution in [0, 0.1) is 0 Å². The fourth-order valence-electron chi connectivity index (χ4n) is 1.54. The summed E-state index contributed by atoms with van der Waals surface area (Å²) in [4.78, 5) is 0. The summed E-state index contributed by atoms with van der Waals surface area (Å²) in [6.07, 6.45) is 2.55.